The van der Waals surface area contributed by atoms with Crippen molar-refractivity contribution in [2.75, 3.05) is 5.73 Å². The van der Waals surface area contributed by atoms with Gasteiger partial charge in [-0.15, -0.1) is 0 Å². The molecule has 0 spiro atoms. The molecule has 0 unspecified atom stereocenters. The molecule has 2 N–H and O–H groups in total. The number of nitrogens with two attached hydrogens (primary N) is 1. The van der Waals surface area contributed by atoms with E-state index in [1.54, 1.807) is 6.20 Å². The Bertz CT molecular complexity index is 505. The van der Waals surface area contributed by atoms with E-state index in [1.807, 2.05) is 4.68 Å². The lowest BCUT2D eigenvalue weighted by Crippen LogP contribution is -2.05. The molecule has 0 atom stereocenters. The van der Waals surface area contributed by atoms with Gasteiger partial charge in [-0.25, -0.2) is 9.67 Å². The Hall–Kier alpha value is -1.36. The molecular weight excluding hydrogens is 226 g/mol. The van der Waals surface area contributed by atoms with E-state index in [4.69, 9.17) is 17.3 Å². The Morgan fingerprint density at radius 1 is 1.44 bits per heavy atom. The van der Waals surface area contributed by atoms with Crippen LogP contribution in [0.3, 0.4) is 0 Å². The Morgan fingerprint density at radius 3 is 2.88 bits per heavy atom. The summed E-state index contributed by atoms with van der Waals surface area (Å²) < 4.78 is 1.82. The molecule has 0 amide bonds. The summed E-state index contributed by atoms with van der Waals surface area (Å²) in [5.41, 5.74) is 6.27. The SMILES string of the molecule is CC(C)CCn1ncc2c(Cl)nc(N)nc21. The van der Waals surface area contributed by atoms with Gasteiger partial charge in [-0.3, -0.25) is 0 Å². The van der Waals surface area contributed by atoms with Crippen LogP contribution in [0.1, 0.15) is 20.3 Å². The third-order valence-electron chi connectivity index (χ3n) is 2.39. The summed E-state index contributed by atoms with van der Waals surface area (Å²) in [5, 5.41) is 5.35. The van der Waals surface area contributed by atoms with E-state index >= 15 is 0 Å². The first kappa shape index (κ1) is 11.1. The van der Waals surface area contributed by atoms with Crippen LogP contribution in [0.25, 0.3) is 11.0 Å². The number of aryl methyl sites for hydroxylation is 1. The number of anilines is 1. The molecule has 5 nitrogen and oxygen atoms in total. The van der Waals surface area contributed by atoms with Crippen molar-refractivity contribution in [3.63, 3.8) is 0 Å². The summed E-state index contributed by atoms with van der Waals surface area (Å²) in [6, 6.07) is 0. The molecule has 2 heterocycles. The number of rotatable bonds is 3. The van der Waals surface area contributed by atoms with E-state index in [0.29, 0.717) is 16.7 Å². The minimum absolute atomic E-state index is 0.184. The molecule has 2 rings (SSSR count). The molecule has 6 heteroatoms. The average Bonchev–Trinajstić information content (AvgIpc) is 2.58. The van der Waals surface area contributed by atoms with Gasteiger partial charge in [0.1, 0.15) is 5.15 Å². The number of fused-ring (bicyclic) bond motifs is 1. The van der Waals surface area contributed by atoms with Crippen LogP contribution in [0.2, 0.25) is 5.15 Å². The Balaban J connectivity index is 2.40. The van der Waals surface area contributed by atoms with Crippen molar-refractivity contribution in [2.45, 2.75) is 26.8 Å². The van der Waals surface area contributed by atoms with Gasteiger partial charge in [0.2, 0.25) is 5.95 Å². The van der Waals surface area contributed by atoms with Crippen molar-refractivity contribution in [1.82, 2.24) is 19.7 Å². The summed E-state index contributed by atoms with van der Waals surface area (Å²) >= 11 is 5.95. The molecule has 16 heavy (non-hydrogen) atoms. The lowest BCUT2D eigenvalue weighted by Gasteiger charge is -2.05. The van der Waals surface area contributed by atoms with Crippen LogP contribution in [0, 0.1) is 5.92 Å². The summed E-state index contributed by atoms with van der Waals surface area (Å²) in [7, 11) is 0. The molecule has 0 fully saturated rings. The third-order valence-corrected chi connectivity index (χ3v) is 2.67. The van der Waals surface area contributed by atoms with Crippen molar-refractivity contribution in [3.8, 4) is 0 Å². The van der Waals surface area contributed by atoms with E-state index in [9.17, 15) is 0 Å². The fraction of sp³-hybridized carbons (Fsp3) is 0.500. The minimum atomic E-state index is 0.184. The number of halogens is 1. The monoisotopic (exact) mass is 239 g/mol. The molecule has 0 bridgehead atoms. The highest BCUT2D eigenvalue weighted by Gasteiger charge is 2.10. The second-order valence-corrected chi connectivity index (χ2v) is 4.52. The van der Waals surface area contributed by atoms with Crippen LogP contribution >= 0.6 is 11.6 Å². The van der Waals surface area contributed by atoms with Crippen LogP contribution in [0.5, 0.6) is 0 Å². The van der Waals surface area contributed by atoms with E-state index in [0.717, 1.165) is 18.4 Å². The van der Waals surface area contributed by atoms with Gasteiger partial charge in [-0.2, -0.15) is 10.1 Å². The van der Waals surface area contributed by atoms with Gasteiger partial charge in [0.05, 0.1) is 11.6 Å². The van der Waals surface area contributed by atoms with Crippen LogP contribution in [-0.2, 0) is 6.54 Å². The van der Waals surface area contributed by atoms with Crippen LogP contribution in [0.4, 0.5) is 5.95 Å². The van der Waals surface area contributed by atoms with Gasteiger partial charge >= 0.3 is 0 Å². The van der Waals surface area contributed by atoms with Crippen LogP contribution in [-0.4, -0.2) is 19.7 Å². The standard InChI is InChI=1S/C10H14ClN5/c1-6(2)3-4-16-9-7(5-13-16)8(11)14-10(12)15-9/h5-6H,3-4H2,1-2H3,(H2,12,14,15). The number of aromatic nitrogens is 4. The quantitative estimate of drug-likeness (QED) is 0.833. The number of nitrogens with zero attached hydrogens (tertiary/aromatic N) is 4. The number of hydrogen-bond donors (Lipinski definition) is 1. The average molecular weight is 240 g/mol. The number of nitrogen functional groups attached to an aromatic ring is 1. The largest absolute Gasteiger partial charge is 0.368 e. The molecule has 0 aliphatic heterocycles. The van der Waals surface area contributed by atoms with Gasteiger partial charge in [0.15, 0.2) is 5.65 Å². The summed E-state index contributed by atoms with van der Waals surface area (Å²) in [6.07, 6.45) is 2.72. The molecule has 0 radical (unpaired) electrons. The van der Waals surface area contributed by atoms with Crippen molar-refractivity contribution in [3.05, 3.63) is 11.3 Å². The zero-order valence-electron chi connectivity index (χ0n) is 9.31. The maximum atomic E-state index is 5.95. The normalized spacial score (nSPS) is 11.5. The predicted molar refractivity (Wildman–Crippen MR) is 64.2 cm³/mol. The highest BCUT2D eigenvalue weighted by Crippen LogP contribution is 2.21. The van der Waals surface area contributed by atoms with E-state index in [-0.39, 0.29) is 5.95 Å². The Labute approximate surface area is 98.6 Å². The molecule has 2 aromatic heterocycles. The van der Waals surface area contributed by atoms with E-state index < -0.39 is 0 Å². The maximum absolute atomic E-state index is 5.95. The third kappa shape index (κ3) is 2.09. The molecule has 2 aromatic rings. The highest BCUT2D eigenvalue weighted by atomic mass is 35.5. The maximum Gasteiger partial charge on any atom is 0.223 e. The molecule has 0 saturated heterocycles. The van der Waals surface area contributed by atoms with Gasteiger partial charge in [-0.05, 0) is 12.3 Å². The van der Waals surface area contributed by atoms with Crippen LogP contribution < -0.4 is 5.73 Å². The molecule has 0 aliphatic rings. The van der Waals surface area contributed by atoms with E-state index in [2.05, 4.69) is 28.9 Å². The second kappa shape index (κ2) is 4.25. The van der Waals surface area contributed by atoms with Gasteiger partial charge in [-0.1, -0.05) is 25.4 Å². The molecule has 0 aliphatic carbocycles. The fourth-order valence-electron chi connectivity index (χ4n) is 1.48. The summed E-state index contributed by atoms with van der Waals surface area (Å²) in [6.45, 7) is 5.15. The molecular formula is C10H14ClN5. The first-order chi connectivity index (χ1) is 7.58. The lowest BCUT2D eigenvalue weighted by molar-refractivity contribution is 0.494. The van der Waals surface area contributed by atoms with Gasteiger partial charge < -0.3 is 5.73 Å². The minimum Gasteiger partial charge on any atom is -0.368 e. The van der Waals surface area contributed by atoms with Crippen molar-refractivity contribution in [2.24, 2.45) is 5.92 Å². The Kier molecular flexibility index (Phi) is 2.96. The van der Waals surface area contributed by atoms with Gasteiger partial charge in [0, 0.05) is 6.54 Å². The first-order valence-corrected chi connectivity index (χ1v) is 5.60. The van der Waals surface area contributed by atoms with Crippen molar-refractivity contribution in [1.29, 1.82) is 0 Å². The number of hydrogen-bond acceptors (Lipinski definition) is 4. The zero-order valence-corrected chi connectivity index (χ0v) is 10.1. The second-order valence-electron chi connectivity index (χ2n) is 4.16. The van der Waals surface area contributed by atoms with E-state index in [1.165, 1.54) is 0 Å². The predicted octanol–water partition coefficient (Wildman–Crippen LogP) is 2.11. The first-order valence-electron chi connectivity index (χ1n) is 5.22. The summed E-state index contributed by atoms with van der Waals surface area (Å²) in [4.78, 5) is 8.05. The van der Waals surface area contributed by atoms with Gasteiger partial charge in [0.25, 0.3) is 0 Å². The van der Waals surface area contributed by atoms with Crippen LogP contribution in [0.15, 0.2) is 6.20 Å². The Morgan fingerprint density at radius 2 is 2.19 bits per heavy atom. The van der Waals surface area contributed by atoms with Crippen molar-refractivity contribution < 1.29 is 0 Å². The lowest BCUT2D eigenvalue weighted by atomic mass is 10.1. The molecule has 86 valence electrons. The highest BCUT2D eigenvalue weighted by molar-refractivity contribution is 6.34. The fourth-order valence-corrected chi connectivity index (χ4v) is 1.70. The smallest absolute Gasteiger partial charge is 0.223 e. The molecule has 0 saturated carbocycles. The summed E-state index contributed by atoms with van der Waals surface area (Å²) in [5.74, 6) is 0.803. The molecule has 0 aromatic carbocycles. The van der Waals surface area contributed by atoms with Crippen molar-refractivity contribution >= 4 is 28.6 Å². The topological polar surface area (TPSA) is 69.6 Å². The zero-order chi connectivity index (χ0) is 11.7.